The number of nitrogens with zero attached hydrogens (tertiary/aromatic N) is 3. The molecule has 0 atom stereocenters. The molecule has 0 saturated carbocycles. The summed E-state index contributed by atoms with van der Waals surface area (Å²) in [6.45, 7) is 0. The topological polar surface area (TPSA) is 78.5 Å². The van der Waals surface area contributed by atoms with Crippen molar-refractivity contribution >= 4 is 0 Å². The van der Waals surface area contributed by atoms with Crippen molar-refractivity contribution in [3.8, 4) is 17.7 Å². The van der Waals surface area contributed by atoms with Gasteiger partial charge in [0.15, 0.2) is 0 Å². The van der Waals surface area contributed by atoms with E-state index in [1.807, 2.05) is 0 Å². The Balaban J connectivity index is 2.36. The fourth-order valence-electron chi connectivity index (χ4n) is 1.03. The molecule has 82 valence electrons. The van der Waals surface area contributed by atoms with Crippen molar-refractivity contribution in [2.45, 2.75) is 6.18 Å². The third-order valence-corrected chi connectivity index (χ3v) is 1.72. The second-order valence-electron chi connectivity index (χ2n) is 2.82. The molecule has 0 unspecified atom stereocenters. The molecule has 2 heterocycles. The molecule has 0 aliphatic carbocycles. The predicted octanol–water partition coefficient (Wildman–Crippen LogP) is 1.96. The molecular weight excluding hydrogens is 225 g/mol. The van der Waals surface area contributed by atoms with Crippen molar-refractivity contribution in [1.29, 1.82) is 5.26 Å². The maximum Gasteiger partial charge on any atom is 0.455 e. The predicted molar refractivity (Wildman–Crippen MR) is 43.8 cm³/mol. The van der Waals surface area contributed by atoms with Crippen LogP contribution < -0.4 is 0 Å². The number of H-pyrrole nitrogens is 1. The van der Waals surface area contributed by atoms with Gasteiger partial charge in [-0.3, -0.25) is 0 Å². The quantitative estimate of drug-likeness (QED) is 0.809. The van der Waals surface area contributed by atoms with Crippen LogP contribution in [0.1, 0.15) is 11.5 Å². The van der Waals surface area contributed by atoms with E-state index in [1.165, 1.54) is 12.1 Å². The van der Waals surface area contributed by atoms with Gasteiger partial charge < -0.3 is 9.51 Å². The molecule has 0 fully saturated rings. The van der Waals surface area contributed by atoms with Crippen LogP contribution in [0.4, 0.5) is 13.2 Å². The third-order valence-electron chi connectivity index (χ3n) is 1.72. The number of nitriles is 1. The first-order valence-electron chi connectivity index (χ1n) is 4.01. The van der Waals surface area contributed by atoms with Gasteiger partial charge in [-0.25, -0.2) is 0 Å². The Hall–Kier alpha value is -2.30. The van der Waals surface area contributed by atoms with Crippen molar-refractivity contribution in [3.63, 3.8) is 0 Å². The lowest BCUT2D eigenvalue weighted by Gasteiger charge is -1.95. The SMILES string of the molecule is N#Cc1ccc(-c2nc(C(F)(F)F)no2)[nH]1. The highest BCUT2D eigenvalue weighted by Crippen LogP contribution is 2.28. The zero-order valence-electron chi connectivity index (χ0n) is 7.54. The molecule has 2 aromatic heterocycles. The summed E-state index contributed by atoms with van der Waals surface area (Å²) in [4.78, 5) is 5.68. The average molecular weight is 228 g/mol. The molecule has 0 aliphatic rings. The summed E-state index contributed by atoms with van der Waals surface area (Å²) in [5.41, 5.74) is 0.362. The highest BCUT2D eigenvalue weighted by Gasteiger charge is 2.37. The standard InChI is InChI=1S/C8H3F3N4O/c9-8(10,11)7-14-6(16-15-7)5-2-1-4(3-12)13-5/h1-2,13H. The van der Waals surface area contributed by atoms with E-state index in [2.05, 4.69) is 19.6 Å². The minimum atomic E-state index is -4.65. The molecule has 0 radical (unpaired) electrons. The van der Waals surface area contributed by atoms with E-state index < -0.39 is 12.0 Å². The van der Waals surface area contributed by atoms with Crippen molar-refractivity contribution in [3.05, 3.63) is 23.7 Å². The van der Waals surface area contributed by atoms with Crippen molar-refractivity contribution in [1.82, 2.24) is 15.1 Å². The normalized spacial score (nSPS) is 11.4. The smallest absolute Gasteiger partial charge is 0.342 e. The van der Waals surface area contributed by atoms with Crippen LogP contribution >= 0.6 is 0 Å². The van der Waals surface area contributed by atoms with Gasteiger partial charge in [-0.1, -0.05) is 5.16 Å². The van der Waals surface area contributed by atoms with Crippen LogP contribution in [0.2, 0.25) is 0 Å². The lowest BCUT2D eigenvalue weighted by molar-refractivity contribution is -0.146. The van der Waals surface area contributed by atoms with Gasteiger partial charge in [0.1, 0.15) is 17.5 Å². The number of aromatic amines is 1. The zero-order chi connectivity index (χ0) is 11.8. The van der Waals surface area contributed by atoms with Crippen LogP contribution in [-0.2, 0) is 6.18 Å². The lowest BCUT2D eigenvalue weighted by atomic mass is 10.4. The molecule has 0 aliphatic heterocycles. The summed E-state index contributed by atoms with van der Waals surface area (Å²) < 4.78 is 40.8. The number of hydrogen-bond donors (Lipinski definition) is 1. The summed E-state index contributed by atoms with van der Waals surface area (Å²) >= 11 is 0. The Labute approximate surface area is 86.5 Å². The van der Waals surface area contributed by atoms with Crippen molar-refractivity contribution in [2.75, 3.05) is 0 Å². The van der Waals surface area contributed by atoms with Crippen LogP contribution in [0.25, 0.3) is 11.6 Å². The first-order valence-corrected chi connectivity index (χ1v) is 4.01. The minimum absolute atomic E-state index is 0.166. The number of hydrogen-bond acceptors (Lipinski definition) is 4. The molecule has 0 aromatic carbocycles. The fraction of sp³-hybridized carbons (Fsp3) is 0.125. The van der Waals surface area contributed by atoms with E-state index in [0.717, 1.165) is 0 Å². The first-order chi connectivity index (χ1) is 7.50. The van der Waals surface area contributed by atoms with Gasteiger partial charge in [-0.2, -0.15) is 23.4 Å². The molecule has 0 saturated heterocycles. The molecule has 0 spiro atoms. The van der Waals surface area contributed by atoms with Crippen LogP contribution in [0.15, 0.2) is 16.7 Å². The summed E-state index contributed by atoms with van der Waals surface area (Å²) in [5.74, 6) is -1.66. The maximum absolute atomic E-state index is 12.1. The Morgan fingerprint density at radius 3 is 2.62 bits per heavy atom. The van der Waals surface area contributed by atoms with Crippen LogP contribution in [-0.4, -0.2) is 15.1 Å². The van der Waals surface area contributed by atoms with E-state index in [0.29, 0.717) is 0 Å². The van der Waals surface area contributed by atoms with Gasteiger partial charge in [-0.05, 0) is 12.1 Å². The Kier molecular flexibility index (Phi) is 2.16. The summed E-state index contributed by atoms with van der Waals surface area (Å²) in [5, 5.41) is 11.3. The van der Waals surface area contributed by atoms with E-state index in [1.54, 1.807) is 6.07 Å². The van der Waals surface area contributed by atoms with Gasteiger partial charge >= 0.3 is 6.18 Å². The highest BCUT2D eigenvalue weighted by atomic mass is 19.4. The lowest BCUT2D eigenvalue weighted by Crippen LogP contribution is -2.07. The summed E-state index contributed by atoms with van der Waals surface area (Å²) in [7, 11) is 0. The van der Waals surface area contributed by atoms with E-state index in [9.17, 15) is 13.2 Å². The molecule has 0 amide bonds. The summed E-state index contributed by atoms with van der Waals surface area (Å²) in [6.07, 6.45) is -4.65. The molecular formula is C8H3F3N4O. The molecule has 1 N–H and O–H groups in total. The van der Waals surface area contributed by atoms with E-state index in [-0.39, 0.29) is 17.3 Å². The number of aromatic nitrogens is 3. The first kappa shape index (κ1) is 10.2. The second-order valence-corrected chi connectivity index (χ2v) is 2.82. The van der Waals surface area contributed by atoms with E-state index >= 15 is 0 Å². The minimum Gasteiger partial charge on any atom is -0.342 e. The molecule has 0 bridgehead atoms. The summed E-state index contributed by atoms with van der Waals surface area (Å²) in [6, 6.07) is 4.56. The Morgan fingerprint density at radius 1 is 1.38 bits per heavy atom. The van der Waals surface area contributed by atoms with Gasteiger partial charge in [-0.15, -0.1) is 0 Å². The Bertz CT molecular complexity index is 548. The van der Waals surface area contributed by atoms with E-state index in [4.69, 9.17) is 5.26 Å². The zero-order valence-corrected chi connectivity index (χ0v) is 7.54. The number of nitrogens with one attached hydrogen (secondary N) is 1. The van der Waals surface area contributed by atoms with Gasteiger partial charge in [0.25, 0.3) is 11.7 Å². The molecule has 16 heavy (non-hydrogen) atoms. The number of halogens is 3. The van der Waals surface area contributed by atoms with Crippen LogP contribution in [0.3, 0.4) is 0 Å². The van der Waals surface area contributed by atoms with Gasteiger partial charge in [0, 0.05) is 0 Å². The average Bonchev–Trinajstić information content (AvgIpc) is 2.85. The highest BCUT2D eigenvalue weighted by molar-refractivity contribution is 5.49. The van der Waals surface area contributed by atoms with Gasteiger partial charge in [0.2, 0.25) is 0 Å². The van der Waals surface area contributed by atoms with Crippen molar-refractivity contribution < 1.29 is 17.7 Å². The van der Waals surface area contributed by atoms with Gasteiger partial charge in [0.05, 0.1) is 0 Å². The Morgan fingerprint density at radius 2 is 2.12 bits per heavy atom. The fourth-order valence-corrected chi connectivity index (χ4v) is 1.03. The molecule has 2 rings (SSSR count). The number of alkyl halides is 3. The maximum atomic E-state index is 12.1. The van der Waals surface area contributed by atoms with Crippen LogP contribution in [0, 0.1) is 11.3 Å². The monoisotopic (exact) mass is 228 g/mol. The molecule has 2 aromatic rings. The molecule has 8 heteroatoms. The number of rotatable bonds is 1. The van der Waals surface area contributed by atoms with Crippen LogP contribution in [0.5, 0.6) is 0 Å². The second kappa shape index (κ2) is 3.37. The largest absolute Gasteiger partial charge is 0.455 e. The molecule has 5 nitrogen and oxygen atoms in total. The van der Waals surface area contributed by atoms with Crippen molar-refractivity contribution in [2.24, 2.45) is 0 Å². The third kappa shape index (κ3) is 1.75.